The summed E-state index contributed by atoms with van der Waals surface area (Å²) in [5, 5.41) is 2.41. The Morgan fingerprint density at radius 1 is 1.25 bits per heavy atom. The Labute approximate surface area is 138 Å². The van der Waals surface area contributed by atoms with Crippen molar-refractivity contribution in [3.8, 4) is 0 Å². The van der Waals surface area contributed by atoms with Crippen LogP contribution in [0.4, 0.5) is 18.9 Å². The third kappa shape index (κ3) is 6.99. The molecule has 0 aliphatic rings. The lowest BCUT2D eigenvalue weighted by atomic mass is 10.2. The molecule has 5 nitrogen and oxygen atoms in total. The fraction of sp³-hybridized carbons (Fsp3) is 0.500. The van der Waals surface area contributed by atoms with Crippen molar-refractivity contribution >= 4 is 17.5 Å². The van der Waals surface area contributed by atoms with E-state index >= 15 is 0 Å². The molecule has 0 radical (unpaired) electrons. The standard InChI is InChI=1S/C16H21F3N2O3/c1-12(22)21(8-4-10-24-2)9-7-15(23)20-14-6-3-5-13(11-14)16(17,18)19/h3,5-6,11H,4,7-10H2,1-2H3,(H,20,23). The highest BCUT2D eigenvalue weighted by molar-refractivity contribution is 5.91. The highest BCUT2D eigenvalue weighted by Gasteiger charge is 2.30. The minimum atomic E-state index is -4.46. The van der Waals surface area contributed by atoms with E-state index in [1.54, 1.807) is 7.11 Å². The van der Waals surface area contributed by atoms with E-state index in [9.17, 15) is 22.8 Å². The van der Waals surface area contributed by atoms with Crippen molar-refractivity contribution < 1.29 is 27.5 Å². The number of nitrogens with zero attached hydrogens (tertiary/aromatic N) is 1. The molecule has 1 aromatic carbocycles. The molecule has 8 heteroatoms. The summed E-state index contributed by atoms with van der Waals surface area (Å²) >= 11 is 0. The molecule has 1 aromatic rings. The van der Waals surface area contributed by atoms with Gasteiger partial charge in [0.25, 0.3) is 0 Å². The smallest absolute Gasteiger partial charge is 0.385 e. The number of nitrogens with one attached hydrogen (secondary N) is 1. The van der Waals surface area contributed by atoms with Gasteiger partial charge in [-0.15, -0.1) is 0 Å². The van der Waals surface area contributed by atoms with E-state index in [2.05, 4.69) is 5.32 Å². The van der Waals surface area contributed by atoms with E-state index in [0.29, 0.717) is 19.6 Å². The van der Waals surface area contributed by atoms with Crippen LogP contribution in [0.5, 0.6) is 0 Å². The number of halogens is 3. The molecule has 1 rings (SSSR count). The van der Waals surface area contributed by atoms with Crippen LogP contribution in [0.2, 0.25) is 0 Å². The zero-order valence-corrected chi connectivity index (χ0v) is 13.7. The molecular formula is C16H21F3N2O3. The minimum Gasteiger partial charge on any atom is -0.385 e. The molecule has 0 spiro atoms. The monoisotopic (exact) mass is 346 g/mol. The number of methoxy groups -OCH3 is 1. The number of benzene rings is 1. The number of ether oxygens (including phenoxy) is 1. The molecule has 0 saturated carbocycles. The van der Waals surface area contributed by atoms with E-state index in [1.807, 2.05) is 0 Å². The molecule has 0 heterocycles. The van der Waals surface area contributed by atoms with Crippen LogP contribution in [0.25, 0.3) is 0 Å². The van der Waals surface area contributed by atoms with Gasteiger partial charge in [-0.2, -0.15) is 13.2 Å². The summed E-state index contributed by atoms with van der Waals surface area (Å²) in [4.78, 5) is 24.9. The predicted molar refractivity (Wildman–Crippen MR) is 83.4 cm³/mol. The molecule has 0 fully saturated rings. The Kier molecular flexibility index (Phi) is 7.70. The second-order valence-electron chi connectivity index (χ2n) is 5.23. The van der Waals surface area contributed by atoms with Gasteiger partial charge in [-0.05, 0) is 24.6 Å². The van der Waals surface area contributed by atoms with Crippen molar-refractivity contribution in [1.29, 1.82) is 0 Å². The first-order chi connectivity index (χ1) is 11.2. The van der Waals surface area contributed by atoms with Crippen LogP contribution in [0, 0.1) is 0 Å². The molecule has 0 bridgehead atoms. The number of carbonyl (C=O) groups is 2. The topological polar surface area (TPSA) is 58.6 Å². The predicted octanol–water partition coefficient (Wildman–Crippen LogP) is 2.92. The van der Waals surface area contributed by atoms with Crippen LogP contribution in [0.1, 0.15) is 25.3 Å². The third-order valence-corrected chi connectivity index (χ3v) is 3.30. The zero-order valence-electron chi connectivity index (χ0n) is 13.7. The Bertz CT molecular complexity index is 562. The van der Waals surface area contributed by atoms with Crippen LogP contribution >= 0.6 is 0 Å². The van der Waals surface area contributed by atoms with Crippen molar-refractivity contribution in [2.75, 3.05) is 32.1 Å². The molecule has 0 saturated heterocycles. The summed E-state index contributed by atoms with van der Waals surface area (Å²) in [7, 11) is 1.56. The first-order valence-electron chi connectivity index (χ1n) is 7.45. The summed E-state index contributed by atoms with van der Waals surface area (Å²) < 4.78 is 42.8. The highest BCUT2D eigenvalue weighted by atomic mass is 19.4. The quantitative estimate of drug-likeness (QED) is 0.737. The number of rotatable bonds is 8. The maximum atomic E-state index is 12.6. The average Bonchev–Trinajstić information content (AvgIpc) is 2.49. The highest BCUT2D eigenvalue weighted by Crippen LogP contribution is 2.30. The van der Waals surface area contributed by atoms with Gasteiger partial charge in [0.2, 0.25) is 11.8 Å². The van der Waals surface area contributed by atoms with Crippen LogP contribution in [0.3, 0.4) is 0 Å². The van der Waals surface area contributed by atoms with Gasteiger partial charge < -0.3 is 15.0 Å². The fourth-order valence-corrected chi connectivity index (χ4v) is 2.06. The maximum Gasteiger partial charge on any atom is 0.416 e. The van der Waals surface area contributed by atoms with Crippen LogP contribution in [-0.4, -0.2) is 43.5 Å². The number of alkyl halides is 3. The van der Waals surface area contributed by atoms with Crippen molar-refractivity contribution in [2.24, 2.45) is 0 Å². The van der Waals surface area contributed by atoms with Gasteiger partial charge in [-0.25, -0.2) is 0 Å². The van der Waals surface area contributed by atoms with Gasteiger partial charge in [-0.1, -0.05) is 6.07 Å². The van der Waals surface area contributed by atoms with Crippen LogP contribution < -0.4 is 5.32 Å². The molecule has 0 aliphatic heterocycles. The largest absolute Gasteiger partial charge is 0.416 e. The van der Waals surface area contributed by atoms with Crippen molar-refractivity contribution in [2.45, 2.75) is 25.9 Å². The summed E-state index contributed by atoms with van der Waals surface area (Å²) in [5.74, 6) is -0.620. The Hall–Kier alpha value is -2.09. The Morgan fingerprint density at radius 2 is 1.96 bits per heavy atom. The first-order valence-corrected chi connectivity index (χ1v) is 7.45. The van der Waals surface area contributed by atoms with E-state index in [0.717, 1.165) is 12.1 Å². The van der Waals surface area contributed by atoms with E-state index in [-0.39, 0.29) is 24.6 Å². The summed E-state index contributed by atoms with van der Waals surface area (Å²) in [6.07, 6.45) is -3.82. The normalized spacial score (nSPS) is 11.2. The molecule has 24 heavy (non-hydrogen) atoms. The Morgan fingerprint density at radius 3 is 2.54 bits per heavy atom. The molecule has 0 unspecified atom stereocenters. The minimum absolute atomic E-state index is 0.00279. The summed E-state index contributed by atoms with van der Waals surface area (Å²) in [6, 6.07) is 4.42. The molecule has 2 amide bonds. The van der Waals surface area contributed by atoms with Crippen LogP contribution in [-0.2, 0) is 20.5 Å². The van der Waals surface area contributed by atoms with E-state index in [1.165, 1.54) is 24.0 Å². The molecular weight excluding hydrogens is 325 g/mol. The van der Waals surface area contributed by atoms with Crippen molar-refractivity contribution in [1.82, 2.24) is 4.90 Å². The maximum absolute atomic E-state index is 12.6. The number of anilines is 1. The summed E-state index contributed by atoms with van der Waals surface area (Å²) in [6.45, 7) is 2.56. The number of amides is 2. The second kappa shape index (κ2) is 9.27. The van der Waals surface area contributed by atoms with E-state index in [4.69, 9.17) is 4.74 Å². The molecule has 0 atom stereocenters. The number of hydrogen-bond acceptors (Lipinski definition) is 3. The molecule has 1 N–H and O–H groups in total. The third-order valence-electron chi connectivity index (χ3n) is 3.30. The zero-order chi connectivity index (χ0) is 18.2. The van der Waals surface area contributed by atoms with Gasteiger partial charge in [0, 0.05) is 45.8 Å². The number of hydrogen-bond donors (Lipinski definition) is 1. The molecule has 0 aliphatic carbocycles. The second-order valence-corrected chi connectivity index (χ2v) is 5.23. The average molecular weight is 346 g/mol. The fourth-order valence-electron chi connectivity index (χ4n) is 2.06. The summed E-state index contributed by atoms with van der Waals surface area (Å²) in [5.41, 5.74) is -0.756. The SMILES string of the molecule is COCCCN(CCC(=O)Nc1cccc(C(F)(F)F)c1)C(C)=O. The van der Waals surface area contributed by atoms with Gasteiger partial charge in [-0.3, -0.25) is 9.59 Å². The van der Waals surface area contributed by atoms with Gasteiger partial charge in [0.15, 0.2) is 0 Å². The lowest BCUT2D eigenvalue weighted by Gasteiger charge is -2.20. The van der Waals surface area contributed by atoms with E-state index < -0.39 is 17.6 Å². The molecule has 0 aromatic heterocycles. The van der Waals surface area contributed by atoms with Gasteiger partial charge in [0.05, 0.1) is 5.56 Å². The van der Waals surface area contributed by atoms with Crippen molar-refractivity contribution in [3.05, 3.63) is 29.8 Å². The van der Waals surface area contributed by atoms with Crippen LogP contribution in [0.15, 0.2) is 24.3 Å². The van der Waals surface area contributed by atoms with Gasteiger partial charge in [0.1, 0.15) is 0 Å². The molecule has 134 valence electrons. The van der Waals surface area contributed by atoms with Crippen molar-refractivity contribution in [3.63, 3.8) is 0 Å². The lowest BCUT2D eigenvalue weighted by molar-refractivity contribution is -0.137. The van der Waals surface area contributed by atoms with Gasteiger partial charge >= 0.3 is 6.18 Å². The Balaban J connectivity index is 2.55. The first kappa shape index (κ1) is 20.0. The lowest BCUT2D eigenvalue weighted by Crippen LogP contribution is -2.33. The number of carbonyl (C=O) groups excluding carboxylic acids is 2.